The third-order valence-electron chi connectivity index (χ3n) is 4.19. The fraction of sp³-hybridized carbons (Fsp3) is 0.500. The SMILES string of the molecule is CN(C)C1CCCCC1Nc1nccc(-c2cnccn2)n1. The minimum Gasteiger partial charge on any atom is -0.350 e. The highest BCUT2D eigenvalue weighted by Crippen LogP contribution is 2.24. The Balaban J connectivity index is 1.78. The molecule has 3 rings (SSSR count). The number of hydrogen-bond donors (Lipinski definition) is 1. The van der Waals surface area contributed by atoms with Crippen molar-refractivity contribution in [1.29, 1.82) is 0 Å². The summed E-state index contributed by atoms with van der Waals surface area (Å²) in [5.74, 6) is 0.668. The average molecular weight is 298 g/mol. The van der Waals surface area contributed by atoms with E-state index in [0.29, 0.717) is 18.0 Å². The van der Waals surface area contributed by atoms with Crippen LogP contribution in [0.1, 0.15) is 25.7 Å². The van der Waals surface area contributed by atoms with Gasteiger partial charge in [-0.25, -0.2) is 9.97 Å². The van der Waals surface area contributed by atoms with E-state index in [1.54, 1.807) is 24.8 Å². The molecule has 0 aliphatic heterocycles. The highest BCUT2D eigenvalue weighted by atomic mass is 15.2. The van der Waals surface area contributed by atoms with Gasteiger partial charge in [-0.2, -0.15) is 0 Å². The molecule has 0 bridgehead atoms. The highest BCUT2D eigenvalue weighted by molar-refractivity contribution is 5.53. The van der Waals surface area contributed by atoms with E-state index in [0.717, 1.165) is 17.8 Å². The zero-order valence-electron chi connectivity index (χ0n) is 13.1. The second-order valence-corrected chi connectivity index (χ2v) is 5.92. The lowest BCUT2D eigenvalue weighted by molar-refractivity contribution is 0.211. The molecule has 2 atom stereocenters. The standard InChI is InChI=1S/C16H22N6/c1-22(2)15-6-4-3-5-13(15)21-16-19-8-7-12(20-16)14-11-17-9-10-18-14/h7-11,13,15H,3-6H2,1-2H3,(H,19,20,21). The van der Waals surface area contributed by atoms with Crippen LogP contribution in [0.15, 0.2) is 30.9 Å². The van der Waals surface area contributed by atoms with E-state index in [4.69, 9.17) is 0 Å². The quantitative estimate of drug-likeness (QED) is 0.933. The van der Waals surface area contributed by atoms with Crippen LogP contribution in [0.3, 0.4) is 0 Å². The molecule has 0 radical (unpaired) electrons. The van der Waals surface area contributed by atoms with Gasteiger partial charge in [0.25, 0.3) is 0 Å². The topological polar surface area (TPSA) is 66.8 Å². The fourth-order valence-corrected chi connectivity index (χ4v) is 3.07. The third kappa shape index (κ3) is 3.39. The molecule has 2 heterocycles. The van der Waals surface area contributed by atoms with Gasteiger partial charge in [-0.3, -0.25) is 9.97 Å². The highest BCUT2D eigenvalue weighted by Gasteiger charge is 2.27. The zero-order chi connectivity index (χ0) is 15.4. The number of nitrogens with zero attached hydrogens (tertiary/aromatic N) is 5. The van der Waals surface area contributed by atoms with Gasteiger partial charge in [-0.05, 0) is 33.0 Å². The van der Waals surface area contributed by atoms with E-state index >= 15 is 0 Å². The van der Waals surface area contributed by atoms with Crippen molar-refractivity contribution in [2.45, 2.75) is 37.8 Å². The predicted molar refractivity (Wildman–Crippen MR) is 86.4 cm³/mol. The van der Waals surface area contributed by atoms with Crippen molar-refractivity contribution in [3.63, 3.8) is 0 Å². The second-order valence-electron chi connectivity index (χ2n) is 5.92. The molecule has 6 nitrogen and oxygen atoms in total. The molecular weight excluding hydrogens is 276 g/mol. The smallest absolute Gasteiger partial charge is 0.223 e. The Morgan fingerprint density at radius 1 is 1.05 bits per heavy atom. The van der Waals surface area contributed by atoms with Crippen molar-refractivity contribution in [1.82, 2.24) is 24.8 Å². The van der Waals surface area contributed by atoms with Gasteiger partial charge in [0, 0.05) is 30.7 Å². The average Bonchev–Trinajstić information content (AvgIpc) is 2.56. The van der Waals surface area contributed by atoms with Gasteiger partial charge < -0.3 is 10.2 Å². The molecule has 6 heteroatoms. The Morgan fingerprint density at radius 3 is 2.68 bits per heavy atom. The molecule has 2 aromatic rings. The molecule has 116 valence electrons. The van der Waals surface area contributed by atoms with Crippen LogP contribution in [0.25, 0.3) is 11.4 Å². The van der Waals surface area contributed by atoms with Crippen molar-refractivity contribution < 1.29 is 0 Å². The maximum atomic E-state index is 4.59. The van der Waals surface area contributed by atoms with Crippen LogP contribution >= 0.6 is 0 Å². The summed E-state index contributed by atoms with van der Waals surface area (Å²) in [7, 11) is 4.28. The number of hydrogen-bond acceptors (Lipinski definition) is 6. The molecule has 0 saturated heterocycles. The lowest BCUT2D eigenvalue weighted by atomic mass is 9.89. The Kier molecular flexibility index (Phi) is 4.58. The fourth-order valence-electron chi connectivity index (χ4n) is 3.07. The number of nitrogens with one attached hydrogen (secondary N) is 1. The number of rotatable bonds is 4. The summed E-state index contributed by atoms with van der Waals surface area (Å²) >= 11 is 0. The molecular formula is C16H22N6. The molecule has 0 spiro atoms. The van der Waals surface area contributed by atoms with E-state index in [1.807, 2.05) is 6.07 Å². The van der Waals surface area contributed by atoms with Crippen molar-refractivity contribution in [2.24, 2.45) is 0 Å². The van der Waals surface area contributed by atoms with Gasteiger partial charge in [0.05, 0.1) is 11.9 Å². The van der Waals surface area contributed by atoms with E-state index in [-0.39, 0.29) is 0 Å². The lowest BCUT2D eigenvalue weighted by Gasteiger charge is -2.36. The van der Waals surface area contributed by atoms with Crippen molar-refractivity contribution in [3.8, 4) is 11.4 Å². The van der Waals surface area contributed by atoms with Gasteiger partial charge in [-0.15, -0.1) is 0 Å². The number of likely N-dealkylation sites (N-methyl/N-ethyl adjacent to an activating group) is 1. The number of anilines is 1. The summed E-state index contributed by atoms with van der Waals surface area (Å²) < 4.78 is 0. The Labute approximate surface area is 131 Å². The summed E-state index contributed by atoms with van der Waals surface area (Å²) in [6.45, 7) is 0. The first-order valence-electron chi connectivity index (χ1n) is 7.76. The van der Waals surface area contributed by atoms with Gasteiger partial charge >= 0.3 is 0 Å². The monoisotopic (exact) mass is 298 g/mol. The molecule has 1 N–H and O–H groups in total. The second kappa shape index (κ2) is 6.79. The van der Waals surface area contributed by atoms with Crippen LogP contribution in [0, 0.1) is 0 Å². The first-order chi connectivity index (χ1) is 10.7. The third-order valence-corrected chi connectivity index (χ3v) is 4.19. The maximum absolute atomic E-state index is 4.59. The summed E-state index contributed by atoms with van der Waals surface area (Å²) in [5, 5.41) is 3.51. The van der Waals surface area contributed by atoms with Crippen molar-refractivity contribution in [3.05, 3.63) is 30.9 Å². The van der Waals surface area contributed by atoms with Crippen LogP contribution in [0.2, 0.25) is 0 Å². The van der Waals surface area contributed by atoms with Crippen LogP contribution in [0.4, 0.5) is 5.95 Å². The van der Waals surface area contributed by atoms with Crippen LogP contribution in [0.5, 0.6) is 0 Å². The van der Waals surface area contributed by atoms with Gasteiger partial charge in [-0.1, -0.05) is 12.8 Å². The van der Waals surface area contributed by atoms with Crippen molar-refractivity contribution >= 4 is 5.95 Å². The van der Waals surface area contributed by atoms with Gasteiger partial charge in [0.1, 0.15) is 5.69 Å². The van der Waals surface area contributed by atoms with Gasteiger partial charge in [0.2, 0.25) is 5.95 Å². The summed E-state index contributed by atoms with van der Waals surface area (Å²) in [4.78, 5) is 19.6. The van der Waals surface area contributed by atoms with Crippen LogP contribution in [-0.2, 0) is 0 Å². The maximum Gasteiger partial charge on any atom is 0.223 e. The Morgan fingerprint density at radius 2 is 1.91 bits per heavy atom. The van der Waals surface area contributed by atoms with Crippen molar-refractivity contribution in [2.75, 3.05) is 19.4 Å². The molecule has 2 unspecified atom stereocenters. The van der Waals surface area contributed by atoms with Gasteiger partial charge in [0.15, 0.2) is 0 Å². The molecule has 1 fully saturated rings. The Bertz CT molecular complexity index is 601. The predicted octanol–water partition coefficient (Wildman–Crippen LogP) is 2.22. The summed E-state index contributed by atoms with van der Waals surface area (Å²) in [6.07, 6.45) is 11.7. The van der Waals surface area contributed by atoms with E-state index < -0.39 is 0 Å². The first kappa shape index (κ1) is 14.8. The van der Waals surface area contributed by atoms with E-state index in [1.165, 1.54) is 19.3 Å². The minimum atomic E-state index is 0.390. The summed E-state index contributed by atoms with van der Waals surface area (Å²) in [6, 6.07) is 2.78. The molecule has 2 aromatic heterocycles. The molecule has 22 heavy (non-hydrogen) atoms. The van der Waals surface area contributed by atoms with E-state index in [2.05, 4.69) is 44.2 Å². The zero-order valence-corrected chi connectivity index (χ0v) is 13.1. The molecule has 1 aliphatic rings. The lowest BCUT2D eigenvalue weighted by Crippen LogP contribution is -2.45. The minimum absolute atomic E-state index is 0.390. The molecule has 1 aliphatic carbocycles. The van der Waals surface area contributed by atoms with E-state index in [9.17, 15) is 0 Å². The molecule has 0 aromatic carbocycles. The van der Waals surface area contributed by atoms with Crippen LogP contribution < -0.4 is 5.32 Å². The summed E-state index contributed by atoms with van der Waals surface area (Å²) in [5.41, 5.74) is 1.56. The van der Waals surface area contributed by atoms with Crippen LogP contribution in [-0.4, -0.2) is 51.0 Å². The largest absolute Gasteiger partial charge is 0.350 e. The Hall–Kier alpha value is -2.08. The molecule has 1 saturated carbocycles. The first-order valence-corrected chi connectivity index (χ1v) is 7.76. The number of aromatic nitrogens is 4. The normalized spacial score (nSPS) is 21.8. The molecule has 0 amide bonds.